The number of nitrogens with one attached hydrogen (secondary N) is 1. The van der Waals surface area contributed by atoms with Crippen LogP contribution in [0.1, 0.15) is 38.2 Å². The van der Waals surface area contributed by atoms with E-state index < -0.39 is 0 Å². The lowest BCUT2D eigenvalue weighted by molar-refractivity contribution is -0.117. The number of hydrogen-bond acceptors (Lipinski definition) is 3. The van der Waals surface area contributed by atoms with E-state index in [1.165, 1.54) is 18.4 Å². The molecule has 0 aromatic heterocycles. The quantitative estimate of drug-likeness (QED) is 0.687. The highest BCUT2D eigenvalue weighted by atomic mass is 16.2. The predicted molar refractivity (Wildman–Crippen MR) is 85.4 cm³/mol. The Balaban J connectivity index is 1.86. The number of anilines is 1. The molecule has 0 aliphatic heterocycles. The normalized spacial score (nSPS) is 14.4. The van der Waals surface area contributed by atoms with Crippen molar-refractivity contribution in [3.05, 3.63) is 29.8 Å². The molecule has 4 nitrogen and oxygen atoms in total. The highest BCUT2D eigenvalue weighted by molar-refractivity contribution is 5.93. The Kier molecular flexibility index (Phi) is 6.21. The monoisotopic (exact) mass is 290 g/mol. The van der Waals surface area contributed by atoms with E-state index in [0.29, 0.717) is 12.6 Å². The summed E-state index contributed by atoms with van der Waals surface area (Å²) < 4.78 is 0. The summed E-state index contributed by atoms with van der Waals surface area (Å²) in [5.74, 6) is 0.0619. The van der Waals surface area contributed by atoms with E-state index in [1.54, 1.807) is 0 Å². The molecule has 2 N–H and O–H groups in total. The van der Waals surface area contributed by atoms with Crippen LogP contribution in [0.4, 0.5) is 5.69 Å². The second-order valence-corrected chi connectivity index (χ2v) is 5.69. The van der Waals surface area contributed by atoms with Crippen molar-refractivity contribution < 1.29 is 9.90 Å². The molecular formula is C17H26N2O2. The second-order valence-electron chi connectivity index (χ2n) is 5.69. The van der Waals surface area contributed by atoms with E-state index in [-0.39, 0.29) is 12.5 Å². The second kappa shape index (κ2) is 8.15. The van der Waals surface area contributed by atoms with Gasteiger partial charge in [0.25, 0.3) is 0 Å². The zero-order valence-corrected chi connectivity index (χ0v) is 12.8. The fraction of sp³-hybridized carbons (Fsp3) is 0.588. The van der Waals surface area contributed by atoms with Crippen LogP contribution in [0.2, 0.25) is 0 Å². The van der Waals surface area contributed by atoms with Gasteiger partial charge in [0.15, 0.2) is 0 Å². The molecule has 0 bridgehead atoms. The zero-order chi connectivity index (χ0) is 15.1. The lowest BCUT2D eigenvalue weighted by Gasteiger charge is -2.21. The summed E-state index contributed by atoms with van der Waals surface area (Å²) in [4.78, 5) is 14.5. The van der Waals surface area contributed by atoms with Crippen molar-refractivity contribution in [1.29, 1.82) is 0 Å². The lowest BCUT2D eigenvalue weighted by atomic mass is 10.1. The van der Waals surface area contributed by atoms with Gasteiger partial charge in [-0.05, 0) is 50.3 Å². The van der Waals surface area contributed by atoms with Crippen LogP contribution in [-0.2, 0) is 11.2 Å². The minimum atomic E-state index is 0.0619. The van der Waals surface area contributed by atoms with E-state index in [9.17, 15) is 4.79 Å². The van der Waals surface area contributed by atoms with Crippen molar-refractivity contribution in [2.75, 3.05) is 25.0 Å². The van der Waals surface area contributed by atoms with Gasteiger partial charge in [0, 0.05) is 18.3 Å². The Bertz CT molecular complexity index is 458. The average Bonchev–Trinajstić information content (AvgIpc) is 3.31. The fourth-order valence-electron chi connectivity index (χ4n) is 2.58. The van der Waals surface area contributed by atoms with Crippen molar-refractivity contribution in [2.24, 2.45) is 0 Å². The number of carbonyl (C=O) groups is 1. The van der Waals surface area contributed by atoms with Crippen LogP contribution in [0.25, 0.3) is 0 Å². The molecule has 4 heteroatoms. The van der Waals surface area contributed by atoms with E-state index in [0.717, 1.165) is 31.5 Å². The topological polar surface area (TPSA) is 52.6 Å². The molecule has 0 radical (unpaired) electrons. The molecule has 0 spiro atoms. The third-order valence-electron chi connectivity index (χ3n) is 3.94. The Morgan fingerprint density at radius 3 is 2.76 bits per heavy atom. The largest absolute Gasteiger partial charge is 0.396 e. The first-order valence-electron chi connectivity index (χ1n) is 7.97. The number of para-hydroxylation sites is 1. The van der Waals surface area contributed by atoms with Crippen LogP contribution in [0.15, 0.2) is 24.3 Å². The number of hydrogen-bond donors (Lipinski definition) is 2. The highest BCUT2D eigenvalue weighted by Gasteiger charge is 2.29. The summed E-state index contributed by atoms with van der Waals surface area (Å²) in [6.45, 7) is 3.67. The first kappa shape index (κ1) is 16.0. The molecule has 1 aromatic carbocycles. The maximum Gasteiger partial charge on any atom is 0.238 e. The third-order valence-corrected chi connectivity index (χ3v) is 3.94. The highest BCUT2D eigenvalue weighted by Crippen LogP contribution is 2.27. The Hall–Kier alpha value is -1.39. The van der Waals surface area contributed by atoms with Crippen molar-refractivity contribution in [3.63, 3.8) is 0 Å². The van der Waals surface area contributed by atoms with Crippen molar-refractivity contribution in [1.82, 2.24) is 4.90 Å². The fourth-order valence-corrected chi connectivity index (χ4v) is 2.58. The molecule has 0 unspecified atom stereocenters. The summed E-state index contributed by atoms with van der Waals surface area (Å²) in [5.41, 5.74) is 2.10. The third kappa shape index (κ3) is 5.14. The molecule has 0 saturated heterocycles. The van der Waals surface area contributed by atoms with Gasteiger partial charge >= 0.3 is 0 Å². The maximum atomic E-state index is 12.3. The first-order valence-corrected chi connectivity index (χ1v) is 7.97. The van der Waals surface area contributed by atoms with Gasteiger partial charge in [0.2, 0.25) is 5.91 Å². The Morgan fingerprint density at radius 1 is 1.33 bits per heavy atom. The van der Waals surface area contributed by atoms with E-state index in [4.69, 9.17) is 5.11 Å². The number of aliphatic hydroxyl groups excluding tert-OH is 1. The number of aryl methyl sites for hydroxylation is 1. The van der Waals surface area contributed by atoms with E-state index >= 15 is 0 Å². The summed E-state index contributed by atoms with van der Waals surface area (Å²) in [7, 11) is 0. The van der Waals surface area contributed by atoms with Crippen molar-refractivity contribution in [2.45, 2.75) is 45.1 Å². The van der Waals surface area contributed by atoms with Crippen LogP contribution < -0.4 is 5.32 Å². The van der Waals surface area contributed by atoms with Crippen LogP contribution >= 0.6 is 0 Å². The molecule has 1 saturated carbocycles. The summed E-state index contributed by atoms with van der Waals surface area (Å²) >= 11 is 0. The average molecular weight is 290 g/mol. The molecule has 2 rings (SSSR count). The summed E-state index contributed by atoms with van der Waals surface area (Å²) in [5, 5.41) is 11.9. The predicted octanol–water partition coefficient (Wildman–Crippen LogP) is 2.42. The molecule has 0 heterocycles. The standard InChI is InChI=1S/C17H26N2O2/c1-2-14-7-3-4-8-16(14)18-17(21)13-19(15-9-10-15)11-5-6-12-20/h3-4,7-8,15,20H,2,5-6,9-13H2,1H3,(H,18,21). The van der Waals surface area contributed by atoms with Gasteiger partial charge in [-0.15, -0.1) is 0 Å². The Labute approximate surface area is 127 Å². The zero-order valence-electron chi connectivity index (χ0n) is 12.8. The van der Waals surface area contributed by atoms with Gasteiger partial charge in [-0.3, -0.25) is 9.69 Å². The molecule has 1 aliphatic carbocycles. The number of unbranched alkanes of at least 4 members (excludes halogenated alkanes) is 1. The summed E-state index contributed by atoms with van der Waals surface area (Å²) in [6.07, 6.45) is 5.06. The SMILES string of the molecule is CCc1ccccc1NC(=O)CN(CCCCO)C1CC1. The molecular weight excluding hydrogens is 264 g/mol. The molecule has 116 valence electrons. The van der Waals surface area contributed by atoms with Gasteiger partial charge in [-0.2, -0.15) is 0 Å². The van der Waals surface area contributed by atoms with Crippen molar-refractivity contribution >= 4 is 11.6 Å². The molecule has 1 aliphatic rings. The first-order chi connectivity index (χ1) is 10.2. The van der Waals surface area contributed by atoms with Gasteiger partial charge in [-0.1, -0.05) is 25.1 Å². The van der Waals surface area contributed by atoms with Crippen LogP contribution in [0.5, 0.6) is 0 Å². The molecule has 1 aromatic rings. The van der Waals surface area contributed by atoms with Gasteiger partial charge in [0.05, 0.1) is 6.54 Å². The smallest absolute Gasteiger partial charge is 0.238 e. The van der Waals surface area contributed by atoms with Gasteiger partial charge < -0.3 is 10.4 Å². The van der Waals surface area contributed by atoms with Gasteiger partial charge in [0.1, 0.15) is 0 Å². The van der Waals surface area contributed by atoms with E-state index in [1.807, 2.05) is 18.2 Å². The van der Waals surface area contributed by atoms with Crippen molar-refractivity contribution in [3.8, 4) is 0 Å². The number of nitrogens with zero attached hydrogens (tertiary/aromatic N) is 1. The molecule has 1 amide bonds. The number of amides is 1. The number of rotatable bonds is 9. The Morgan fingerprint density at radius 2 is 2.10 bits per heavy atom. The molecule has 0 atom stereocenters. The molecule has 1 fully saturated rings. The van der Waals surface area contributed by atoms with Crippen LogP contribution in [0, 0.1) is 0 Å². The maximum absolute atomic E-state index is 12.3. The summed E-state index contributed by atoms with van der Waals surface area (Å²) in [6, 6.07) is 8.53. The number of carbonyl (C=O) groups excluding carboxylic acids is 1. The lowest BCUT2D eigenvalue weighted by Crippen LogP contribution is -2.35. The number of benzene rings is 1. The van der Waals surface area contributed by atoms with Crippen LogP contribution in [0.3, 0.4) is 0 Å². The molecule has 21 heavy (non-hydrogen) atoms. The van der Waals surface area contributed by atoms with E-state index in [2.05, 4.69) is 23.2 Å². The minimum absolute atomic E-state index is 0.0619. The van der Waals surface area contributed by atoms with Gasteiger partial charge in [-0.25, -0.2) is 0 Å². The number of aliphatic hydroxyl groups is 1. The minimum Gasteiger partial charge on any atom is -0.396 e. The van der Waals surface area contributed by atoms with Crippen LogP contribution in [-0.4, -0.2) is 41.7 Å².